The first-order valence-electron chi connectivity index (χ1n) is 8.47. The summed E-state index contributed by atoms with van der Waals surface area (Å²) in [6.07, 6.45) is 3.60. The van der Waals surface area contributed by atoms with Gasteiger partial charge in [0.2, 0.25) is 0 Å². The van der Waals surface area contributed by atoms with Crippen molar-refractivity contribution in [2.24, 2.45) is 0 Å². The summed E-state index contributed by atoms with van der Waals surface area (Å²) >= 11 is 0. The Morgan fingerprint density at radius 2 is 2.04 bits per heavy atom. The SMILES string of the molecule is Cc1nc2cc(F)ccc2cc1C(=O)N1CCC(c2ccn[nH]2)CC1. The fourth-order valence-electron chi connectivity index (χ4n) is 3.51. The van der Waals surface area contributed by atoms with E-state index in [4.69, 9.17) is 0 Å². The number of hydrogen-bond donors (Lipinski definition) is 1. The van der Waals surface area contributed by atoms with E-state index in [9.17, 15) is 9.18 Å². The van der Waals surface area contributed by atoms with Crippen molar-refractivity contribution < 1.29 is 9.18 Å². The number of H-pyrrole nitrogens is 1. The normalized spacial score (nSPS) is 15.7. The minimum absolute atomic E-state index is 0.000661. The zero-order chi connectivity index (χ0) is 17.4. The highest BCUT2D eigenvalue weighted by molar-refractivity contribution is 5.98. The van der Waals surface area contributed by atoms with Crippen LogP contribution in [0.1, 0.15) is 40.5 Å². The molecule has 3 aromatic rings. The van der Waals surface area contributed by atoms with E-state index in [-0.39, 0.29) is 11.7 Å². The lowest BCUT2D eigenvalue weighted by atomic mass is 9.93. The quantitative estimate of drug-likeness (QED) is 0.779. The van der Waals surface area contributed by atoms with Gasteiger partial charge in [0.15, 0.2) is 0 Å². The topological polar surface area (TPSA) is 61.9 Å². The number of nitrogens with one attached hydrogen (secondary N) is 1. The molecule has 1 amide bonds. The number of hydrogen-bond acceptors (Lipinski definition) is 3. The van der Waals surface area contributed by atoms with Gasteiger partial charge in [-0.1, -0.05) is 0 Å². The van der Waals surface area contributed by atoms with Crippen molar-refractivity contribution >= 4 is 16.8 Å². The van der Waals surface area contributed by atoms with E-state index in [1.165, 1.54) is 12.1 Å². The fraction of sp³-hybridized carbons (Fsp3) is 0.316. The second kappa shape index (κ2) is 6.27. The van der Waals surface area contributed by atoms with Crippen molar-refractivity contribution in [2.45, 2.75) is 25.7 Å². The maximum atomic E-state index is 13.3. The molecule has 0 atom stereocenters. The molecule has 1 saturated heterocycles. The van der Waals surface area contributed by atoms with Crippen molar-refractivity contribution in [1.82, 2.24) is 20.1 Å². The number of aryl methyl sites for hydroxylation is 1. The van der Waals surface area contributed by atoms with Gasteiger partial charge in [0.1, 0.15) is 5.82 Å². The molecule has 5 nitrogen and oxygen atoms in total. The molecular weight excluding hydrogens is 319 g/mol. The molecule has 25 heavy (non-hydrogen) atoms. The molecule has 1 aliphatic rings. The summed E-state index contributed by atoms with van der Waals surface area (Å²) in [7, 11) is 0. The van der Waals surface area contributed by atoms with E-state index in [0.717, 1.165) is 23.9 Å². The molecule has 2 aromatic heterocycles. The van der Waals surface area contributed by atoms with Crippen LogP contribution in [-0.2, 0) is 0 Å². The summed E-state index contributed by atoms with van der Waals surface area (Å²) in [4.78, 5) is 19.2. The molecule has 3 heterocycles. The van der Waals surface area contributed by atoms with Gasteiger partial charge in [0, 0.05) is 42.4 Å². The molecule has 4 rings (SSSR count). The first-order valence-corrected chi connectivity index (χ1v) is 8.47. The van der Waals surface area contributed by atoms with E-state index >= 15 is 0 Å². The van der Waals surface area contributed by atoms with Crippen molar-refractivity contribution in [1.29, 1.82) is 0 Å². The summed E-state index contributed by atoms with van der Waals surface area (Å²) in [5, 5.41) is 7.81. The molecule has 6 heteroatoms. The second-order valence-electron chi connectivity index (χ2n) is 6.54. The lowest BCUT2D eigenvalue weighted by Crippen LogP contribution is -2.38. The number of likely N-dealkylation sites (tertiary alicyclic amines) is 1. The minimum Gasteiger partial charge on any atom is -0.339 e. The van der Waals surface area contributed by atoms with Gasteiger partial charge in [-0.3, -0.25) is 14.9 Å². The minimum atomic E-state index is -0.320. The average molecular weight is 338 g/mol. The number of aromatic amines is 1. The summed E-state index contributed by atoms with van der Waals surface area (Å²) in [5.41, 5.74) is 2.95. The average Bonchev–Trinajstić information content (AvgIpc) is 3.15. The molecule has 1 aromatic carbocycles. The largest absolute Gasteiger partial charge is 0.339 e. The van der Waals surface area contributed by atoms with Gasteiger partial charge in [-0.15, -0.1) is 0 Å². The van der Waals surface area contributed by atoms with Gasteiger partial charge in [0.05, 0.1) is 16.8 Å². The van der Waals surface area contributed by atoms with Gasteiger partial charge in [-0.25, -0.2) is 4.39 Å². The summed E-state index contributed by atoms with van der Waals surface area (Å²) < 4.78 is 13.3. The van der Waals surface area contributed by atoms with Gasteiger partial charge >= 0.3 is 0 Å². The maximum Gasteiger partial charge on any atom is 0.255 e. The lowest BCUT2D eigenvalue weighted by Gasteiger charge is -2.31. The highest BCUT2D eigenvalue weighted by Gasteiger charge is 2.26. The van der Waals surface area contributed by atoms with E-state index in [1.54, 1.807) is 19.2 Å². The van der Waals surface area contributed by atoms with Crippen molar-refractivity contribution in [3.8, 4) is 0 Å². The van der Waals surface area contributed by atoms with Gasteiger partial charge < -0.3 is 4.90 Å². The Bertz CT molecular complexity index is 915. The third-order valence-electron chi connectivity index (χ3n) is 4.94. The molecule has 128 valence electrons. The van der Waals surface area contributed by atoms with Crippen molar-refractivity contribution in [3.63, 3.8) is 0 Å². The predicted octanol–water partition coefficient (Wildman–Crippen LogP) is 3.43. The fourth-order valence-corrected chi connectivity index (χ4v) is 3.51. The summed E-state index contributed by atoms with van der Waals surface area (Å²) in [5.74, 6) is 0.101. The molecule has 0 spiro atoms. The van der Waals surface area contributed by atoms with Gasteiger partial charge in [-0.05, 0) is 44.0 Å². The van der Waals surface area contributed by atoms with E-state index in [0.29, 0.717) is 35.8 Å². The Morgan fingerprint density at radius 1 is 1.24 bits per heavy atom. The molecule has 1 fully saturated rings. The molecule has 0 saturated carbocycles. The van der Waals surface area contributed by atoms with Crippen LogP contribution in [0.3, 0.4) is 0 Å². The van der Waals surface area contributed by atoms with E-state index < -0.39 is 0 Å². The van der Waals surface area contributed by atoms with Gasteiger partial charge in [0.25, 0.3) is 5.91 Å². The van der Waals surface area contributed by atoms with Crippen LogP contribution in [0.2, 0.25) is 0 Å². The number of piperidine rings is 1. The summed E-state index contributed by atoms with van der Waals surface area (Å²) in [6, 6.07) is 8.27. The number of rotatable bonds is 2. The Kier molecular flexibility index (Phi) is 3.95. The molecule has 0 aliphatic carbocycles. The first kappa shape index (κ1) is 15.7. The van der Waals surface area contributed by atoms with Crippen LogP contribution in [0.25, 0.3) is 10.9 Å². The Morgan fingerprint density at radius 3 is 2.76 bits per heavy atom. The first-order chi connectivity index (χ1) is 12.1. The standard InChI is InChI=1S/C19H19FN4O/c1-12-16(10-14-2-3-15(20)11-18(14)22-12)19(25)24-8-5-13(6-9-24)17-4-7-21-23-17/h2-4,7,10-11,13H,5-6,8-9H2,1H3,(H,21,23). The highest BCUT2D eigenvalue weighted by Crippen LogP contribution is 2.28. The molecule has 1 aliphatic heterocycles. The monoisotopic (exact) mass is 338 g/mol. The molecule has 0 radical (unpaired) electrons. The summed E-state index contributed by atoms with van der Waals surface area (Å²) in [6.45, 7) is 3.22. The smallest absolute Gasteiger partial charge is 0.255 e. The zero-order valence-electron chi connectivity index (χ0n) is 14.0. The molecular formula is C19H19FN4O. The molecule has 1 N–H and O–H groups in total. The highest BCUT2D eigenvalue weighted by atomic mass is 19.1. The van der Waals surface area contributed by atoms with E-state index in [1.807, 2.05) is 17.0 Å². The second-order valence-corrected chi connectivity index (χ2v) is 6.54. The number of nitrogens with zero attached hydrogens (tertiary/aromatic N) is 3. The Labute approximate surface area is 144 Å². The maximum absolute atomic E-state index is 13.3. The van der Waals surface area contributed by atoms with E-state index in [2.05, 4.69) is 15.2 Å². The van der Waals surface area contributed by atoms with Gasteiger partial charge in [-0.2, -0.15) is 5.10 Å². The predicted molar refractivity (Wildman–Crippen MR) is 92.9 cm³/mol. The molecule has 0 unspecified atom stereocenters. The third-order valence-corrected chi connectivity index (χ3v) is 4.94. The molecule has 0 bridgehead atoms. The van der Waals surface area contributed by atoms with Crippen molar-refractivity contribution in [3.05, 3.63) is 59.3 Å². The third kappa shape index (κ3) is 2.99. The number of fused-ring (bicyclic) bond motifs is 1. The number of carbonyl (C=O) groups is 1. The number of carbonyl (C=O) groups excluding carboxylic acids is 1. The van der Waals surface area contributed by atoms with Crippen LogP contribution in [0.15, 0.2) is 36.5 Å². The zero-order valence-corrected chi connectivity index (χ0v) is 14.0. The van der Waals surface area contributed by atoms with Crippen molar-refractivity contribution in [2.75, 3.05) is 13.1 Å². The number of aromatic nitrogens is 3. The Hall–Kier alpha value is -2.76. The Balaban J connectivity index is 1.54. The van der Waals surface area contributed by atoms with Crippen LogP contribution in [-0.4, -0.2) is 39.1 Å². The number of pyridine rings is 1. The number of benzene rings is 1. The number of amides is 1. The van der Waals surface area contributed by atoms with Crippen LogP contribution < -0.4 is 0 Å². The van der Waals surface area contributed by atoms with Crippen LogP contribution in [0.4, 0.5) is 4.39 Å². The number of halogens is 1. The lowest BCUT2D eigenvalue weighted by molar-refractivity contribution is 0.0711. The van der Waals surface area contributed by atoms with Crippen LogP contribution in [0.5, 0.6) is 0 Å². The van der Waals surface area contributed by atoms with Crippen LogP contribution >= 0.6 is 0 Å². The van der Waals surface area contributed by atoms with Crippen LogP contribution in [0, 0.1) is 12.7 Å².